The van der Waals surface area contributed by atoms with Crippen LogP contribution in [0.5, 0.6) is 0 Å². The predicted octanol–water partition coefficient (Wildman–Crippen LogP) is 3.12. The molecule has 1 saturated carbocycles. The third-order valence-electron chi connectivity index (χ3n) is 5.00. The number of likely N-dealkylation sites (tertiary alicyclic amines) is 1. The van der Waals surface area contributed by atoms with Crippen molar-refractivity contribution >= 4 is 0 Å². The van der Waals surface area contributed by atoms with Crippen LogP contribution in [0.25, 0.3) is 11.5 Å². The standard InChI is InChI=1S/C18H20N6O2/c1-3-9-19-13(5-1)17-20-15(25-23-17)11-24-10-4-2-6-14(24)18-21-16(22-26-18)12-7-8-12/h1,3,5,9,12,14H,2,4,6-8,10-11H2/t14-/m0/s1. The van der Waals surface area contributed by atoms with Gasteiger partial charge in [-0.05, 0) is 44.4 Å². The van der Waals surface area contributed by atoms with E-state index in [-0.39, 0.29) is 6.04 Å². The molecule has 0 bridgehead atoms. The molecule has 0 aromatic carbocycles. The Morgan fingerprint density at radius 3 is 2.85 bits per heavy atom. The lowest BCUT2D eigenvalue weighted by Crippen LogP contribution is -2.33. The molecular formula is C18H20N6O2. The molecule has 0 spiro atoms. The molecule has 134 valence electrons. The summed E-state index contributed by atoms with van der Waals surface area (Å²) in [5.74, 6) is 3.18. The molecule has 1 saturated heterocycles. The fourth-order valence-corrected chi connectivity index (χ4v) is 3.44. The molecule has 8 nitrogen and oxygen atoms in total. The minimum absolute atomic E-state index is 0.119. The molecule has 1 aliphatic carbocycles. The number of nitrogens with zero attached hydrogens (tertiary/aromatic N) is 6. The van der Waals surface area contributed by atoms with Gasteiger partial charge in [0, 0.05) is 12.1 Å². The van der Waals surface area contributed by atoms with Crippen molar-refractivity contribution in [1.82, 2.24) is 30.2 Å². The first kappa shape index (κ1) is 15.6. The number of aromatic nitrogens is 5. The second kappa shape index (κ2) is 6.60. The number of piperidine rings is 1. The summed E-state index contributed by atoms with van der Waals surface area (Å²) in [4.78, 5) is 15.7. The van der Waals surface area contributed by atoms with Crippen LogP contribution in [0.2, 0.25) is 0 Å². The molecule has 5 rings (SSSR count). The zero-order valence-corrected chi connectivity index (χ0v) is 14.4. The van der Waals surface area contributed by atoms with Gasteiger partial charge in [0.05, 0.1) is 12.6 Å². The quantitative estimate of drug-likeness (QED) is 0.691. The van der Waals surface area contributed by atoms with Crippen LogP contribution in [0.3, 0.4) is 0 Å². The highest BCUT2D eigenvalue weighted by atomic mass is 16.5. The van der Waals surface area contributed by atoms with Crippen molar-refractivity contribution < 1.29 is 9.05 Å². The maximum absolute atomic E-state index is 5.57. The molecule has 2 aliphatic rings. The normalized spacial score (nSPS) is 21.2. The largest absolute Gasteiger partial charge is 0.338 e. The van der Waals surface area contributed by atoms with Gasteiger partial charge in [-0.1, -0.05) is 22.8 Å². The van der Waals surface area contributed by atoms with E-state index in [1.807, 2.05) is 18.2 Å². The summed E-state index contributed by atoms with van der Waals surface area (Å²) in [6, 6.07) is 5.76. The third-order valence-corrected chi connectivity index (χ3v) is 5.00. The van der Waals surface area contributed by atoms with Gasteiger partial charge in [0.1, 0.15) is 5.69 Å². The van der Waals surface area contributed by atoms with E-state index in [1.165, 1.54) is 12.8 Å². The zero-order valence-electron chi connectivity index (χ0n) is 14.4. The van der Waals surface area contributed by atoms with E-state index in [9.17, 15) is 0 Å². The van der Waals surface area contributed by atoms with Crippen molar-refractivity contribution in [2.45, 2.75) is 50.6 Å². The Balaban J connectivity index is 1.33. The Labute approximate surface area is 150 Å². The Morgan fingerprint density at radius 1 is 1.04 bits per heavy atom. The number of hydrogen-bond acceptors (Lipinski definition) is 8. The lowest BCUT2D eigenvalue weighted by molar-refractivity contribution is 0.0986. The van der Waals surface area contributed by atoms with Crippen LogP contribution in [-0.4, -0.2) is 36.7 Å². The summed E-state index contributed by atoms with van der Waals surface area (Å²) in [7, 11) is 0. The molecule has 1 atom stereocenters. The van der Waals surface area contributed by atoms with Gasteiger partial charge in [-0.15, -0.1) is 0 Å². The molecule has 0 amide bonds. The van der Waals surface area contributed by atoms with E-state index in [2.05, 4.69) is 30.2 Å². The first-order chi connectivity index (χ1) is 12.9. The van der Waals surface area contributed by atoms with E-state index in [4.69, 9.17) is 9.05 Å². The van der Waals surface area contributed by atoms with Crippen LogP contribution >= 0.6 is 0 Å². The third kappa shape index (κ3) is 3.12. The average molecular weight is 352 g/mol. The van der Waals surface area contributed by atoms with E-state index in [0.717, 1.165) is 37.5 Å². The number of pyridine rings is 1. The smallest absolute Gasteiger partial charge is 0.244 e. The lowest BCUT2D eigenvalue weighted by atomic mass is 10.0. The topological polar surface area (TPSA) is 94.0 Å². The summed E-state index contributed by atoms with van der Waals surface area (Å²) in [5, 5.41) is 8.22. The fourth-order valence-electron chi connectivity index (χ4n) is 3.44. The highest BCUT2D eigenvalue weighted by Crippen LogP contribution is 2.39. The van der Waals surface area contributed by atoms with Crippen molar-refractivity contribution in [3.05, 3.63) is 42.0 Å². The maximum Gasteiger partial charge on any atom is 0.244 e. The summed E-state index contributed by atoms with van der Waals surface area (Å²) in [6.45, 7) is 1.53. The van der Waals surface area contributed by atoms with E-state index in [1.54, 1.807) is 6.20 Å². The van der Waals surface area contributed by atoms with Crippen LogP contribution in [0.4, 0.5) is 0 Å². The van der Waals surface area contributed by atoms with Crippen LogP contribution in [-0.2, 0) is 6.54 Å². The van der Waals surface area contributed by atoms with Crippen molar-refractivity contribution in [2.24, 2.45) is 0 Å². The Kier molecular flexibility index (Phi) is 3.97. The highest BCUT2D eigenvalue weighted by Gasteiger charge is 2.33. The van der Waals surface area contributed by atoms with Crippen LogP contribution < -0.4 is 0 Å². The minimum Gasteiger partial charge on any atom is -0.338 e. The van der Waals surface area contributed by atoms with Crippen molar-refractivity contribution in [1.29, 1.82) is 0 Å². The van der Waals surface area contributed by atoms with E-state index in [0.29, 0.717) is 29.9 Å². The van der Waals surface area contributed by atoms with Gasteiger partial charge in [-0.2, -0.15) is 9.97 Å². The Hall–Kier alpha value is -2.61. The van der Waals surface area contributed by atoms with Crippen molar-refractivity contribution in [3.8, 4) is 11.5 Å². The molecule has 3 aromatic rings. The summed E-state index contributed by atoms with van der Waals surface area (Å²) < 4.78 is 11.0. The zero-order chi connectivity index (χ0) is 17.3. The minimum atomic E-state index is 0.119. The predicted molar refractivity (Wildman–Crippen MR) is 90.8 cm³/mol. The molecule has 0 radical (unpaired) electrons. The molecule has 8 heteroatoms. The van der Waals surface area contributed by atoms with Crippen LogP contribution in [0.1, 0.15) is 61.7 Å². The fraction of sp³-hybridized carbons (Fsp3) is 0.500. The van der Waals surface area contributed by atoms with Gasteiger partial charge in [0.2, 0.25) is 17.6 Å². The Morgan fingerprint density at radius 2 is 2.00 bits per heavy atom. The van der Waals surface area contributed by atoms with Gasteiger partial charge in [0.25, 0.3) is 0 Å². The SMILES string of the molecule is c1ccc(-c2noc(CN3CCCC[C@H]3c3nc(C4CC4)no3)n2)nc1. The molecule has 3 aromatic heterocycles. The maximum atomic E-state index is 5.57. The second-order valence-electron chi connectivity index (χ2n) is 6.97. The summed E-state index contributed by atoms with van der Waals surface area (Å²) >= 11 is 0. The van der Waals surface area contributed by atoms with E-state index < -0.39 is 0 Å². The van der Waals surface area contributed by atoms with Crippen molar-refractivity contribution in [2.75, 3.05) is 6.54 Å². The lowest BCUT2D eigenvalue weighted by Gasteiger charge is -2.31. The van der Waals surface area contributed by atoms with E-state index >= 15 is 0 Å². The number of hydrogen-bond donors (Lipinski definition) is 0. The first-order valence-electron chi connectivity index (χ1n) is 9.18. The van der Waals surface area contributed by atoms with Crippen LogP contribution in [0.15, 0.2) is 33.4 Å². The highest BCUT2D eigenvalue weighted by molar-refractivity contribution is 5.46. The van der Waals surface area contributed by atoms with Gasteiger partial charge < -0.3 is 9.05 Å². The van der Waals surface area contributed by atoms with Gasteiger partial charge in [0.15, 0.2) is 5.82 Å². The Bertz CT molecular complexity index is 873. The average Bonchev–Trinajstić information content (AvgIpc) is 3.24. The molecular weight excluding hydrogens is 332 g/mol. The molecule has 2 fully saturated rings. The monoisotopic (exact) mass is 352 g/mol. The summed E-state index contributed by atoms with van der Waals surface area (Å²) in [5.41, 5.74) is 0.712. The van der Waals surface area contributed by atoms with Crippen LogP contribution in [0, 0.1) is 0 Å². The molecule has 4 heterocycles. The summed E-state index contributed by atoms with van der Waals surface area (Å²) in [6.07, 6.45) is 7.37. The second-order valence-corrected chi connectivity index (χ2v) is 6.97. The first-order valence-corrected chi connectivity index (χ1v) is 9.18. The van der Waals surface area contributed by atoms with Gasteiger partial charge >= 0.3 is 0 Å². The molecule has 0 N–H and O–H groups in total. The molecule has 0 unspecified atom stereocenters. The van der Waals surface area contributed by atoms with Crippen molar-refractivity contribution in [3.63, 3.8) is 0 Å². The number of rotatable bonds is 5. The molecule has 26 heavy (non-hydrogen) atoms. The molecule has 1 aliphatic heterocycles. The van der Waals surface area contributed by atoms with Gasteiger partial charge in [-0.25, -0.2) is 0 Å². The van der Waals surface area contributed by atoms with Gasteiger partial charge in [-0.3, -0.25) is 9.88 Å².